The van der Waals surface area contributed by atoms with Gasteiger partial charge in [0.15, 0.2) is 0 Å². The lowest BCUT2D eigenvalue weighted by Crippen LogP contribution is -2.25. The van der Waals surface area contributed by atoms with Crippen LogP contribution in [-0.2, 0) is 16.0 Å². The number of allylic oxidation sites excluding steroid dienone is 2. The molecule has 1 fully saturated rings. The molecule has 2 unspecified atom stereocenters. The van der Waals surface area contributed by atoms with Gasteiger partial charge >= 0.3 is 5.97 Å². The van der Waals surface area contributed by atoms with Gasteiger partial charge in [0.25, 0.3) is 0 Å². The van der Waals surface area contributed by atoms with Crippen LogP contribution in [0.4, 0.5) is 0 Å². The second-order valence-corrected chi connectivity index (χ2v) is 10.7. The summed E-state index contributed by atoms with van der Waals surface area (Å²) < 4.78 is 5.22. The van der Waals surface area contributed by atoms with Crippen molar-refractivity contribution in [1.82, 2.24) is 0 Å². The highest BCUT2D eigenvalue weighted by Gasteiger charge is 2.28. The van der Waals surface area contributed by atoms with Gasteiger partial charge in [0.1, 0.15) is 0 Å². The first kappa shape index (κ1) is 28.9. The highest BCUT2D eigenvalue weighted by atomic mass is 16.5. The molecule has 1 aliphatic rings. The third kappa shape index (κ3) is 8.69. The number of aliphatic hydroxyl groups is 2. The van der Waals surface area contributed by atoms with Crippen LogP contribution in [0.1, 0.15) is 69.4 Å². The minimum atomic E-state index is -0.586. The Kier molecular flexibility index (Phi) is 11.6. The summed E-state index contributed by atoms with van der Waals surface area (Å²) >= 11 is 0. The quantitative estimate of drug-likeness (QED) is 0.178. The van der Waals surface area contributed by atoms with E-state index in [4.69, 9.17) is 9.84 Å². The van der Waals surface area contributed by atoms with Crippen molar-refractivity contribution in [2.24, 2.45) is 17.8 Å². The largest absolute Gasteiger partial charge is 0.462 e. The van der Waals surface area contributed by atoms with Crippen molar-refractivity contribution in [1.29, 1.82) is 0 Å². The molecule has 0 aromatic heterocycles. The van der Waals surface area contributed by atoms with Crippen molar-refractivity contribution >= 4 is 5.97 Å². The lowest BCUT2D eigenvalue weighted by Gasteiger charge is -2.34. The maximum Gasteiger partial charge on any atom is 0.335 e. The van der Waals surface area contributed by atoms with Crippen LogP contribution in [0.5, 0.6) is 0 Å². The molecule has 2 atom stereocenters. The van der Waals surface area contributed by atoms with Crippen molar-refractivity contribution in [2.45, 2.75) is 64.7 Å². The zero-order valence-corrected chi connectivity index (χ0v) is 22.6. The van der Waals surface area contributed by atoms with Gasteiger partial charge in [0, 0.05) is 12.5 Å². The van der Waals surface area contributed by atoms with E-state index in [1.54, 1.807) is 0 Å². The van der Waals surface area contributed by atoms with Gasteiger partial charge < -0.3 is 14.9 Å². The normalized spacial score (nSPS) is 19.5. The number of hydrogen-bond donors (Lipinski definition) is 2. The van der Waals surface area contributed by atoms with Gasteiger partial charge in [-0.3, -0.25) is 0 Å². The number of carbonyl (C=O) groups excluding carboxylic acids is 1. The minimum Gasteiger partial charge on any atom is -0.462 e. The minimum absolute atomic E-state index is 0.0101. The predicted octanol–water partition coefficient (Wildman–Crippen LogP) is 6.86. The Balaban J connectivity index is 1.47. The van der Waals surface area contributed by atoms with E-state index in [0.29, 0.717) is 17.8 Å². The highest BCUT2D eigenvalue weighted by molar-refractivity contribution is 5.87. The Morgan fingerprint density at radius 1 is 1.03 bits per heavy atom. The number of aryl methyl sites for hydroxylation is 1. The molecule has 0 heterocycles. The monoisotopic (exact) mass is 504 g/mol. The summed E-state index contributed by atoms with van der Waals surface area (Å²) in [5, 5.41) is 18.8. The van der Waals surface area contributed by atoms with E-state index in [9.17, 15) is 9.90 Å². The van der Waals surface area contributed by atoms with Crippen LogP contribution < -0.4 is 0 Å². The molecule has 0 amide bonds. The summed E-state index contributed by atoms with van der Waals surface area (Å²) in [7, 11) is 0. The first-order valence-electron chi connectivity index (χ1n) is 13.8. The van der Waals surface area contributed by atoms with Gasteiger partial charge in [-0.05, 0) is 91.9 Å². The van der Waals surface area contributed by atoms with Crippen LogP contribution in [0.15, 0.2) is 72.8 Å². The molecular weight excluding hydrogens is 460 g/mol. The molecule has 1 saturated carbocycles. The molecule has 200 valence electrons. The molecular formula is C33H44O4. The standard InChI is InChI=1S/C33H44O4/c1-4-5-6-7-26-8-10-29(11-9-26)31-16-18-32(19-17-31)30-14-12-28(13-15-30)24(2)20-27(22-35)23-37-33(36)25(3)21-34/h4-5,8-11,16-19,24,27-28,30,34-35H,3,6-7,12-15,20-23H2,1-2H3/b5-4+. The highest BCUT2D eigenvalue weighted by Crippen LogP contribution is 2.40. The molecule has 0 radical (unpaired) electrons. The maximum absolute atomic E-state index is 11.7. The molecule has 2 aromatic carbocycles. The van der Waals surface area contributed by atoms with E-state index in [2.05, 4.69) is 81.1 Å². The van der Waals surface area contributed by atoms with Crippen molar-refractivity contribution in [3.63, 3.8) is 0 Å². The third-order valence-electron chi connectivity index (χ3n) is 7.97. The predicted molar refractivity (Wildman–Crippen MR) is 151 cm³/mol. The average Bonchev–Trinajstić information content (AvgIpc) is 2.95. The zero-order valence-electron chi connectivity index (χ0n) is 22.6. The topological polar surface area (TPSA) is 66.8 Å². The fourth-order valence-corrected chi connectivity index (χ4v) is 5.52. The lowest BCUT2D eigenvalue weighted by atomic mass is 9.72. The molecule has 1 aliphatic carbocycles. The summed E-state index contributed by atoms with van der Waals surface area (Å²) in [6, 6.07) is 18.1. The van der Waals surface area contributed by atoms with Crippen LogP contribution in [0.25, 0.3) is 11.1 Å². The van der Waals surface area contributed by atoms with Gasteiger partial charge in [0.2, 0.25) is 0 Å². The van der Waals surface area contributed by atoms with Crippen molar-refractivity contribution in [2.75, 3.05) is 19.8 Å². The Morgan fingerprint density at radius 3 is 2.22 bits per heavy atom. The molecule has 4 nitrogen and oxygen atoms in total. The number of benzene rings is 2. The molecule has 2 aromatic rings. The number of carbonyl (C=O) groups is 1. The third-order valence-corrected chi connectivity index (χ3v) is 7.97. The summed E-state index contributed by atoms with van der Waals surface area (Å²) in [5.41, 5.74) is 5.39. The van der Waals surface area contributed by atoms with Crippen molar-refractivity contribution in [3.05, 3.63) is 84.0 Å². The van der Waals surface area contributed by atoms with Crippen molar-refractivity contribution < 1.29 is 19.7 Å². The zero-order chi connectivity index (χ0) is 26.6. The SMILES string of the molecule is C=C(CO)C(=O)OCC(CO)CC(C)C1CCC(c2ccc(-c3ccc(CC/C=C/C)cc3)cc2)CC1. The van der Waals surface area contributed by atoms with Crippen LogP contribution >= 0.6 is 0 Å². The Morgan fingerprint density at radius 2 is 1.65 bits per heavy atom. The van der Waals surface area contributed by atoms with Crippen molar-refractivity contribution in [3.8, 4) is 11.1 Å². The fraction of sp³-hybridized carbons (Fsp3) is 0.485. The number of rotatable bonds is 13. The molecule has 0 saturated heterocycles. The number of hydrogen-bond acceptors (Lipinski definition) is 4. The summed E-state index contributed by atoms with van der Waals surface area (Å²) in [4.78, 5) is 11.7. The fourth-order valence-electron chi connectivity index (χ4n) is 5.52. The number of ether oxygens (including phenoxy) is 1. The summed E-state index contributed by atoms with van der Waals surface area (Å²) in [6.07, 6.45) is 12.1. The van der Waals surface area contributed by atoms with Crippen LogP contribution in [-0.4, -0.2) is 36.0 Å². The van der Waals surface area contributed by atoms with Gasteiger partial charge in [0.05, 0.1) is 18.8 Å². The first-order chi connectivity index (χ1) is 17.9. The average molecular weight is 505 g/mol. The van der Waals surface area contributed by atoms with Crippen LogP contribution in [0, 0.1) is 17.8 Å². The first-order valence-corrected chi connectivity index (χ1v) is 13.8. The Hall–Kier alpha value is -2.69. The van der Waals surface area contributed by atoms with Gasteiger partial charge in [-0.15, -0.1) is 0 Å². The maximum atomic E-state index is 11.7. The van der Waals surface area contributed by atoms with E-state index in [-0.39, 0.29) is 24.7 Å². The Labute approximate surface area is 223 Å². The second-order valence-electron chi connectivity index (χ2n) is 10.7. The molecule has 0 bridgehead atoms. The van der Waals surface area contributed by atoms with E-state index in [1.165, 1.54) is 47.9 Å². The molecule has 0 spiro atoms. The summed E-state index contributed by atoms with van der Waals surface area (Å²) in [5.74, 6) is 1.01. The van der Waals surface area contributed by atoms with E-state index in [0.717, 1.165) is 19.3 Å². The lowest BCUT2D eigenvalue weighted by molar-refractivity contribution is -0.141. The van der Waals surface area contributed by atoms with E-state index in [1.807, 2.05) is 0 Å². The van der Waals surface area contributed by atoms with Gasteiger partial charge in [-0.25, -0.2) is 4.79 Å². The van der Waals surface area contributed by atoms with E-state index >= 15 is 0 Å². The van der Waals surface area contributed by atoms with Gasteiger partial charge in [-0.1, -0.05) is 74.2 Å². The number of aliphatic hydroxyl groups excluding tert-OH is 2. The smallest absolute Gasteiger partial charge is 0.335 e. The summed E-state index contributed by atoms with van der Waals surface area (Å²) in [6.45, 7) is 7.56. The molecule has 3 rings (SSSR count). The molecule has 4 heteroatoms. The molecule has 0 aliphatic heterocycles. The second kappa shape index (κ2) is 14.9. The van der Waals surface area contributed by atoms with Crippen LogP contribution in [0.2, 0.25) is 0 Å². The van der Waals surface area contributed by atoms with E-state index < -0.39 is 12.6 Å². The van der Waals surface area contributed by atoms with Crippen LogP contribution in [0.3, 0.4) is 0 Å². The number of esters is 1. The molecule has 37 heavy (non-hydrogen) atoms. The Bertz CT molecular complexity index is 998. The molecule has 2 N–H and O–H groups in total. The van der Waals surface area contributed by atoms with Gasteiger partial charge in [-0.2, -0.15) is 0 Å².